The normalized spacial score (nSPS) is 12.5. The molecule has 2 rings (SSSR count). The molecule has 2 aromatic rings. The van der Waals surface area contributed by atoms with Gasteiger partial charge >= 0.3 is 0 Å². The van der Waals surface area contributed by atoms with Crippen LogP contribution in [0.4, 0.5) is 5.69 Å². The second kappa shape index (κ2) is 6.07. The van der Waals surface area contributed by atoms with E-state index in [1.807, 2.05) is 0 Å². The van der Waals surface area contributed by atoms with E-state index < -0.39 is 0 Å². The molecule has 0 saturated carbocycles. The molecule has 0 radical (unpaired) electrons. The Labute approximate surface area is 127 Å². The Bertz CT molecular complexity index is 545. The quantitative estimate of drug-likeness (QED) is 0.902. The van der Waals surface area contributed by atoms with Crippen molar-refractivity contribution in [2.75, 3.05) is 18.5 Å². The maximum absolute atomic E-state index is 5.98. The predicted octanol–water partition coefficient (Wildman–Crippen LogP) is 4.26. The molecule has 19 heavy (non-hydrogen) atoms. The molecule has 102 valence electrons. The number of nitrogens with two attached hydrogens (primary N) is 1. The largest absolute Gasteiger partial charge is 0.365 e. The van der Waals surface area contributed by atoms with Gasteiger partial charge in [0.15, 0.2) is 0 Å². The number of rotatable bonds is 4. The fourth-order valence-electron chi connectivity index (χ4n) is 2.31. The highest BCUT2D eigenvalue weighted by molar-refractivity contribution is 9.11. The van der Waals surface area contributed by atoms with Gasteiger partial charge in [0.1, 0.15) is 0 Å². The van der Waals surface area contributed by atoms with Crippen molar-refractivity contribution in [1.82, 2.24) is 0 Å². The number of benzene rings is 1. The van der Waals surface area contributed by atoms with Gasteiger partial charge in [-0.25, -0.2) is 0 Å². The minimum absolute atomic E-state index is 0.220. The number of anilines is 1. The highest BCUT2D eigenvalue weighted by Gasteiger charge is 2.18. The summed E-state index contributed by atoms with van der Waals surface area (Å²) in [6, 6.07) is 11.0. The van der Waals surface area contributed by atoms with Gasteiger partial charge in [0.2, 0.25) is 0 Å². The zero-order chi connectivity index (χ0) is 14.0. The number of halogens is 1. The van der Waals surface area contributed by atoms with Crippen LogP contribution in [0.3, 0.4) is 0 Å². The maximum atomic E-state index is 5.98. The van der Waals surface area contributed by atoms with Gasteiger partial charge in [0.25, 0.3) is 0 Å². The van der Waals surface area contributed by atoms with E-state index in [4.69, 9.17) is 5.73 Å². The van der Waals surface area contributed by atoms with Gasteiger partial charge in [0.05, 0.1) is 9.83 Å². The molecule has 2 nitrogen and oxygen atoms in total. The summed E-state index contributed by atoms with van der Waals surface area (Å²) < 4.78 is 1.15. The number of hydrogen-bond donors (Lipinski definition) is 1. The van der Waals surface area contributed by atoms with Crippen molar-refractivity contribution in [2.24, 2.45) is 5.73 Å². The Morgan fingerprint density at radius 2 is 1.84 bits per heavy atom. The van der Waals surface area contributed by atoms with Crippen LogP contribution in [0, 0.1) is 13.8 Å². The summed E-state index contributed by atoms with van der Waals surface area (Å²) in [5.41, 5.74) is 9.76. The molecule has 0 aliphatic carbocycles. The Balaban J connectivity index is 2.32. The lowest BCUT2D eigenvalue weighted by atomic mass is 10.1. The Kier molecular flexibility index (Phi) is 4.66. The molecule has 2 N–H and O–H groups in total. The van der Waals surface area contributed by atoms with Crippen LogP contribution >= 0.6 is 27.3 Å². The molecular formula is C15H19BrN2S. The van der Waals surface area contributed by atoms with Crippen LogP contribution in [0.5, 0.6) is 0 Å². The van der Waals surface area contributed by atoms with Gasteiger partial charge in [-0.15, -0.1) is 11.3 Å². The highest BCUT2D eigenvalue weighted by Crippen LogP contribution is 2.32. The minimum Gasteiger partial charge on any atom is -0.365 e. The maximum Gasteiger partial charge on any atom is 0.0754 e. The van der Waals surface area contributed by atoms with E-state index in [-0.39, 0.29) is 6.04 Å². The molecular weight excluding hydrogens is 320 g/mol. The summed E-state index contributed by atoms with van der Waals surface area (Å²) >= 11 is 5.26. The third kappa shape index (κ3) is 3.38. The SMILES string of the molecule is Cc1cc(C)cc(N(C)C(CN)c2ccc(Br)s2)c1. The lowest BCUT2D eigenvalue weighted by Crippen LogP contribution is -2.29. The van der Waals surface area contributed by atoms with Crippen molar-refractivity contribution >= 4 is 33.0 Å². The zero-order valence-electron chi connectivity index (χ0n) is 11.5. The number of aryl methyl sites for hydroxylation is 2. The van der Waals surface area contributed by atoms with Crippen LogP contribution in [0.2, 0.25) is 0 Å². The van der Waals surface area contributed by atoms with Crippen LogP contribution in [0.25, 0.3) is 0 Å². The second-order valence-corrected chi connectivity index (χ2v) is 7.34. The summed E-state index contributed by atoms with van der Waals surface area (Å²) in [6.45, 7) is 4.86. The second-order valence-electron chi connectivity index (χ2n) is 4.85. The van der Waals surface area contributed by atoms with Gasteiger partial charge < -0.3 is 10.6 Å². The first-order valence-corrected chi connectivity index (χ1v) is 7.88. The lowest BCUT2D eigenvalue weighted by Gasteiger charge is -2.29. The van der Waals surface area contributed by atoms with Crippen LogP contribution in [0.15, 0.2) is 34.1 Å². The van der Waals surface area contributed by atoms with Crippen molar-refractivity contribution in [3.05, 3.63) is 50.1 Å². The first kappa shape index (κ1) is 14.6. The minimum atomic E-state index is 0.220. The number of hydrogen-bond acceptors (Lipinski definition) is 3. The molecule has 1 unspecified atom stereocenters. The number of nitrogens with zero attached hydrogens (tertiary/aromatic N) is 1. The van der Waals surface area contributed by atoms with E-state index in [0.717, 1.165) is 3.79 Å². The standard InChI is InChI=1S/C15H19BrN2S/c1-10-6-11(2)8-12(7-10)18(3)13(9-17)14-4-5-15(16)19-14/h4-8,13H,9,17H2,1-3H3. The molecule has 1 aromatic carbocycles. The fraction of sp³-hybridized carbons (Fsp3) is 0.333. The van der Waals surface area contributed by atoms with E-state index in [1.54, 1.807) is 11.3 Å². The van der Waals surface area contributed by atoms with Crippen molar-refractivity contribution in [1.29, 1.82) is 0 Å². The first-order chi connectivity index (χ1) is 9.01. The first-order valence-electron chi connectivity index (χ1n) is 6.27. The molecule has 0 aliphatic rings. The summed E-state index contributed by atoms with van der Waals surface area (Å²) in [5.74, 6) is 0. The fourth-order valence-corrected chi connectivity index (χ4v) is 3.89. The van der Waals surface area contributed by atoms with E-state index >= 15 is 0 Å². The van der Waals surface area contributed by atoms with Crippen LogP contribution < -0.4 is 10.6 Å². The number of thiophene rings is 1. The van der Waals surface area contributed by atoms with Crippen molar-refractivity contribution in [3.8, 4) is 0 Å². The molecule has 4 heteroatoms. The molecule has 1 atom stereocenters. The van der Waals surface area contributed by atoms with E-state index in [2.05, 4.69) is 72.1 Å². The molecule has 0 aliphatic heterocycles. The van der Waals surface area contributed by atoms with Gasteiger partial charge in [-0.2, -0.15) is 0 Å². The Morgan fingerprint density at radius 3 is 2.32 bits per heavy atom. The number of likely N-dealkylation sites (N-methyl/N-ethyl adjacent to an activating group) is 1. The molecule has 0 amide bonds. The Morgan fingerprint density at radius 1 is 1.21 bits per heavy atom. The molecule has 1 heterocycles. The average Bonchev–Trinajstić information content (AvgIpc) is 2.75. The van der Waals surface area contributed by atoms with Crippen LogP contribution in [-0.4, -0.2) is 13.6 Å². The van der Waals surface area contributed by atoms with Crippen LogP contribution in [-0.2, 0) is 0 Å². The molecule has 0 spiro atoms. The monoisotopic (exact) mass is 338 g/mol. The average molecular weight is 339 g/mol. The summed E-state index contributed by atoms with van der Waals surface area (Å²) in [7, 11) is 2.11. The Hall–Kier alpha value is -0.840. The van der Waals surface area contributed by atoms with Crippen molar-refractivity contribution < 1.29 is 0 Å². The highest BCUT2D eigenvalue weighted by atomic mass is 79.9. The third-order valence-electron chi connectivity index (χ3n) is 3.23. The van der Waals surface area contributed by atoms with Crippen molar-refractivity contribution in [2.45, 2.75) is 19.9 Å². The topological polar surface area (TPSA) is 29.3 Å². The van der Waals surface area contributed by atoms with Gasteiger partial charge in [-0.3, -0.25) is 0 Å². The van der Waals surface area contributed by atoms with Gasteiger partial charge in [-0.05, 0) is 65.2 Å². The van der Waals surface area contributed by atoms with Gasteiger partial charge in [-0.1, -0.05) is 6.07 Å². The summed E-state index contributed by atoms with van der Waals surface area (Å²) in [4.78, 5) is 3.55. The molecule has 0 fully saturated rings. The zero-order valence-corrected chi connectivity index (χ0v) is 13.9. The van der Waals surface area contributed by atoms with Crippen LogP contribution in [0.1, 0.15) is 22.0 Å². The third-order valence-corrected chi connectivity index (χ3v) is 4.95. The molecule has 0 bridgehead atoms. The smallest absolute Gasteiger partial charge is 0.0754 e. The van der Waals surface area contributed by atoms with E-state index in [9.17, 15) is 0 Å². The van der Waals surface area contributed by atoms with Gasteiger partial charge in [0, 0.05) is 24.2 Å². The summed E-state index contributed by atoms with van der Waals surface area (Å²) in [6.07, 6.45) is 0. The molecule has 1 aromatic heterocycles. The molecule has 0 saturated heterocycles. The van der Waals surface area contributed by atoms with E-state index in [1.165, 1.54) is 21.7 Å². The predicted molar refractivity (Wildman–Crippen MR) is 88.1 cm³/mol. The summed E-state index contributed by atoms with van der Waals surface area (Å²) in [5, 5.41) is 0. The van der Waals surface area contributed by atoms with E-state index in [0.29, 0.717) is 6.54 Å². The van der Waals surface area contributed by atoms with Crippen molar-refractivity contribution in [3.63, 3.8) is 0 Å². The lowest BCUT2D eigenvalue weighted by molar-refractivity contribution is 0.692.